The standard InChI is InChI=1S/C29H43N7O3/c1-6-22(19-37)36(23-9-7-8-10-23)27-25(34(2)3)18-30-29(33-27)32-24-12-11-20(17-26(24)39-5)28(38)31-21-13-15-35(4)16-14-21/h11-12,17-19,21-23H,6-10,13-16H2,1-5H3,(H,31,38)(H,30,32,33). The second kappa shape index (κ2) is 13.1. The predicted molar refractivity (Wildman–Crippen MR) is 155 cm³/mol. The fourth-order valence-electron chi connectivity index (χ4n) is 5.55. The molecular formula is C29H43N7O3. The molecule has 1 unspecified atom stereocenters. The smallest absolute Gasteiger partial charge is 0.251 e. The number of ether oxygens (including phenoxy) is 1. The number of rotatable bonds is 11. The van der Waals surface area contributed by atoms with E-state index in [0.29, 0.717) is 29.4 Å². The molecule has 2 N–H and O–H groups in total. The number of carbonyl (C=O) groups excluding carboxylic acids is 2. The van der Waals surface area contributed by atoms with Crippen molar-refractivity contribution in [2.45, 2.75) is 70.0 Å². The minimum Gasteiger partial charge on any atom is -0.495 e. The molecule has 1 saturated heterocycles. The Hall–Kier alpha value is -3.40. The summed E-state index contributed by atoms with van der Waals surface area (Å²) < 4.78 is 5.64. The first-order valence-electron chi connectivity index (χ1n) is 14.1. The first kappa shape index (κ1) is 28.6. The van der Waals surface area contributed by atoms with Gasteiger partial charge in [-0.25, -0.2) is 4.98 Å². The lowest BCUT2D eigenvalue weighted by molar-refractivity contribution is -0.109. The van der Waals surface area contributed by atoms with Gasteiger partial charge >= 0.3 is 0 Å². The Bertz CT molecular complexity index is 1130. The van der Waals surface area contributed by atoms with Crippen LogP contribution in [0.15, 0.2) is 24.4 Å². The summed E-state index contributed by atoms with van der Waals surface area (Å²) in [7, 11) is 7.61. The number of benzene rings is 1. The van der Waals surface area contributed by atoms with Crippen LogP contribution in [-0.4, -0.2) is 86.5 Å². The van der Waals surface area contributed by atoms with Gasteiger partial charge in [-0.15, -0.1) is 0 Å². The number of piperidine rings is 1. The molecule has 10 heteroatoms. The highest BCUT2D eigenvalue weighted by Gasteiger charge is 2.31. The second-order valence-corrected chi connectivity index (χ2v) is 10.8. The van der Waals surface area contributed by atoms with Crippen LogP contribution in [0.1, 0.15) is 62.2 Å². The topological polar surface area (TPSA) is 103 Å². The van der Waals surface area contributed by atoms with Gasteiger partial charge in [-0.1, -0.05) is 19.8 Å². The lowest BCUT2D eigenvalue weighted by Crippen LogP contribution is -2.44. The van der Waals surface area contributed by atoms with E-state index in [4.69, 9.17) is 9.72 Å². The van der Waals surface area contributed by atoms with E-state index < -0.39 is 0 Å². The minimum atomic E-state index is -0.258. The zero-order chi connectivity index (χ0) is 27.9. The molecule has 2 aromatic rings. The molecule has 0 spiro atoms. The Morgan fingerprint density at radius 1 is 1.21 bits per heavy atom. The van der Waals surface area contributed by atoms with Gasteiger partial charge in [0.25, 0.3) is 5.91 Å². The maximum Gasteiger partial charge on any atom is 0.251 e. The summed E-state index contributed by atoms with van der Waals surface area (Å²) in [6.07, 6.45) is 9.81. The summed E-state index contributed by atoms with van der Waals surface area (Å²) in [5.74, 6) is 1.58. The Balaban J connectivity index is 1.59. The van der Waals surface area contributed by atoms with Gasteiger partial charge in [0.2, 0.25) is 5.95 Å². The number of amides is 1. The van der Waals surface area contributed by atoms with Gasteiger partial charge < -0.3 is 34.9 Å². The van der Waals surface area contributed by atoms with E-state index in [1.165, 1.54) is 0 Å². The van der Waals surface area contributed by atoms with Gasteiger partial charge in [-0.2, -0.15) is 4.98 Å². The molecule has 1 amide bonds. The Labute approximate surface area is 232 Å². The number of methoxy groups -OCH3 is 1. The first-order valence-corrected chi connectivity index (χ1v) is 14.1. The normalized spacial score (nSPS) is 17.5. The largest absolute Gasteiger partial charge is 0.495 e. The van der Waals surface area contributed by atoms with Crippen molar-refractivity contribution in [2.75, 3.05) is 56.5 Å². The molecular weight excluding hydrogens is 494 g/mol. The maximum atomic E-state index is 12.9. The summed E-state index contributed by atoms with van der Waals surface area (Å²) in [5.41, 5.74) is 2.07. The van der Waals surface area contributed by atoms with E-state index in [-0.39, 0.29) is 24.0 Å². The molecule has 2 aliphatic rings. The summed E-state index contributed by atoms with van der Waals surface area (Å²) in [6, 6.07) is 5.53. The quantitative estimate of drug-likeness (QED) is 0.414. The highest BCUT2D eigenvalue weighted by atomic mass is 16.5. The number of nitrogens with zero attached hydrogens (tertiary/aromatic N) is 5. The van der Waals surface area contributed by atoms with Crippen LogP contribution in [0.25, 0.3) is 0 Å². The molecule has 1 saturated carbocycles. The molecule has 2 heterocycles. The number of aromatic nitrogens is 2. The van der Waals surface area contributed by atoms with Gasteiger partial charge in [0, 0.05) is 31.7 Å². The number of nitrogens with one attached hydrogen (secondary N) is 2. The van der Waals surface area contributed by atoms with Crippen molar-refractivity contribution >= 4 is 35.3 Å². The molecule has 1 aromatic carbocycles. The van der Waals surface area contributed by atoms with Gasteiger partial charge in [0.05, 0.1) is 30.7 Å². The van der Waals surface area contributed by atoms with E-state index in [9.17, 15) is 9.59 Å². The number of anilines is 4. The van der Waals surface area contributed by atoms with Crippen LogP contribution in [0.3, 0.4) is 0 Å². The third-order valence-corrected chi connectivity index (χ3v) is 7.89. The third-order valence-electron chi connectivity index (χ3n) is 7.89. The number of likely N-dealkylation sites (tertiary alicyclic amines) is 1. The summed E-state index contributed by atoms with van der Waals surface area (Å²) in [5, 5.41) is 6.44. The van der Waals surface area contributed by atoms with Crippen molar-refractivity contribution in [1.82, 2.24) is 20.2 Å². The molecule has 212 valence electrons. The highest BCUT2D eigenvalue weighted by molar-refractivity contribution is 5.95. The molecule has 1 atom stereocenters. The van der Waals surface area contributed by atoms with Gasteiger partial charge in [-0.05, 0) is 70.4 Å². The molecule has 1 aliphatic carbocycles. The fourth-order valence-corrected chi connectivity index (χ4v) is 5.55. The van der Waals surface area contributed by atoms with E-state index in [2.05, 4.69) is 32.5 Å². The van der Waals surface area contributed by atoms with Gasteiger partial charge in [0.1, 0.15) is 12.0 Å². The molecule has 0 bridgehead atoms. The van der Waals surface area contributed by atoms with Crippen molar-refractivity contribution in [3.8, 4) is 5.75 Å². The summed E-state index contributed by atoms with van der Waals surface area (Å²) in [4.78, 5) is 41.0. The SMILES string of the molecule is CCC(C=O)N(c1nc(Nc2ccc(C(=O)NC3CCN(C)CC3)cc2OC)ncc1N(C)C)C1CCCC1. The predicted octanol–water partition coefficient (Wildman–Crippen LogP) is 3.85. The molecule has 4 rings (SSSR count). The van der Waals surface area contributed by atoms with E-state index >= 15 is 0 Å². The average molecular weight is 538 g/mol. The molecule has 2 fully saturated rings. The third kappa shape index (κ3) is 6.79. The first-order chi connectivity index (χ1) is 18.8. The lowest BCUT2D eigenvalue weighted by Gasteiger charge is -2.36. The maximum absolute atomic E-state index is 12.9. The number of hydrogen-bond donors (Lipinski definition) is 2. The number of carbonyl (C=O) groups is 2. The molecule has 0 radical (unpaired) electrons. The zero-order valence-electron chi connectivity index (χ0n) is 23.9. The van der Waals surface area contributed by atoms with Gasteiger partial charge in [-0.3, -0.25) is 4.79 Å². The minimum absolute atomic E-state index is 0.102. The Kier molecular flexibility index (Phi) is 9.61. The van der Waals surface area contributed by atoms with Crippen LogP contribution in [0.4, 0.5) is 23.1 Å². The Morgan fingerprint density at radius 2 is 1.92 bits per heavy atom. The number of aldehydes is 1. The lowest BCUT2D eigenvalue weighted by atomic mass is 10.0. The van der Waals surface area contributed by atoms with Crippen molar-refractivity contribution in [3.63, 3.8) is 0 Å². The number of hydrogen-bond acceptors (Lipinski definition) is 9. The van der Waals surface area contributed by atoms with E-state index in [1.54, 1.807) is 25.4 Å². The molecule has 1 aliphatic heterocycles. The van der Waals surface area contributed by atoms with Crippen LogP contribution in [-0.2, 0) is 4.79 Å². The fraction of sp³-hybridized carbons (Fsp3) is 0.586. The molecule has 1 aromatic heterocycles. The van der Waals surface area contributed by atoms with Crippen LogP contribution in [0.5, 0.6) is 5.75 Å². The van der Waals surface area contributed by atoms with E-state index in [0.717, 1.165) is 69.4 Å². The summed E-state index contributed by atoms with van der Waals surface area (Å²) >= 11 is 0. The van der Waals surface area contributed by atoms with Crippen LogP contribution in [0, 0.1) is 0 Å². The molecule has 10 nitrogen and oxygen atoms in total. The van der Waals surface area contributed by atoms with Crippen LogP contribution in [0.2, 0.25) is 0 Å². The highest BCUT2D eigenvalue weighted by Crippen LogP contribution is 2.36. The molecule has 39 heavy (non-hydrogen) atoms. The van der Waals surface area contributed by atoms with Crippen molar-refractivity contribution in [1.29, 1.82) is 0 Å². The van der Waals surface area contributed by atoms with Gasteiger partial charge in [0.15, 0.2) is 5.82 Å². The van der Waals surface area contributed by atoms with Crippen LogP contribution < -0.4 is 25.2 Å². The average Bonchev–Trinajstić information content (AvgIpc) is 3.47. The van der Waals surface area contributed by atoms with Crippen molar-refractivity contribution in [3.05, 3.63) is 30.0 Å². The Morgan fingerprint density at radius 3 is 2.54 bits per heavy atom. The zero-order valence-corrected chi connectivity index (χ0v) is 23.9. The van der Waals surface area contributed by atoms with Crippen molar-refractivity contribution < 1.29 is 14.3 Å². The van der Waals surface area contributed by atoms with Crippen LogP contribution >= 0.6 is 0 Å². The van der Waals surface area contributed by atoms with Crippen molar-refractivity contribution in [2.24, 2.45) is 0 Å². The second-order valence-electron chi connectivity index (χ2n) is 10.8. The summed E-state index contributed by atoms with van der Waals surface area (Å²) in [6.45, 7) is 4.00. The monoisotopic (exact) mass is 537 g/mol. The van der Waals surface area contributed by atoms with E-state index in [1.807, 2.05) is 32.0 Å².